The van der Waals surface area contributed by atoms with Crippen molar-refractivity contribution >= 4 is 35.4 Å². The summed E-state index contributed by atoms with van der Waals surface area (Å²) < 4.78 is 2.16. The van der Waals surface area contributed by atoms with Crippen molar-refractivity contribution in [3.63, 3.8) is 0 Å². The van der Waals surface area contributed by atoms with Gasteiger partial charge in [-0.1, -0.05) is 23.2 Å². The summed E-state index contributed by atoms with van der Waals surface area (Å²) in [6, 6.07) is 5.31. The second-order valence-corrected chi connectivity index (χ2v) is 4.22. The normalized spacial score (nSPS) is 10.6. The Hall–Kier alpha value is -0.840. The molecule has 1 N–H and O–H groups in total. The van der Waals surface area contributed by atoms with Gasteiger partial charge in [-0.25, -0.2) is 0 Å². The molecule has 0 aliphatic carbocycles. The number of hydrogen-bond acceptors (Lipinski definition) is 2. The summed E-state index contributed by atoms with van der Waals surface area (Å²) in [4.78, 5) is 4.17. The minimum atomic E-state index is 0.496. The van der Waals surface area contributed by atoms with Gasteiger partial charge in [0.05, 0.1) is 10.0 Å². The number of aromatic nitrogens is 3. The molecular weight excluding hydrogens is 253 g/mol. The highest BCUT2D eigenvalue weighted by molar-refractivity contribution is 7.71. The van der Waals surface area contributed by atoms with Crippen LogP contribution >= 0.6 is 35.4 Å². The van der Waals surface area contributed by atoms with Gasteiger partial charge in [-0.2, -0.15) is 4.98 Å². The van der Waals surface area contributed by atoms with Crippen LogP contribution in [0.1, 0.15) is 0 Å². The lowest BCUT2D eigenvalue weighted by atomic mass is 10.2. The lowest BCUT2D eigenvalue weighted by Crippen LogP contribution is -1.89. The first-order chi connectivity index (χ1) is 7.08. The number of nitrogens with zero attached hydrogens (tertiary/aromatic N) is 2. The van der Waals surface area contributed by atoms with E-state index in [0.29, 0.717) is 20.6 Å². The van der Waals surface area contributed by atoms with Crippen LogP contribution in [0.15, 0.2) is 18.2 Å². The minimum absolute atomic E-state index is 0.496. The Morgan fingerprint density at radius 3 is 2.60 bits per heavy atom. The van der Waals surface area contributed by atoms with Crippen molar-refractivity contribution in [2.45, 2.75) is 0 Å². The van der Waals surface area contributed by atoms with Crippen molar-refractivity contribution in [3.8, 4) is 11.4 Å². The molecule has 3 nitrogen and oxygen atoms in total. The van der Waals surface area contributed by atoms with Crippen LogP contribution in [0.25, 0.3) is 11.4 Å². The Kier molecular flexibility index (Phi) is 2.82. The van der Waals surface area contributed by atoms with E-state index < -0.39 is 0 Å². The summed E-state index contributed by atoms with van der Waals surface area (Å²) in [5.41, 5.74) is 0.858. The van der Waals surface area contributed by atoms with Gasteiger partial charge >= 0.3 is 0 Å². The first kappa shape index (κ1) is 10.7. The molecule has 15 heavy (non-hydrogen) atoms. The molecule has 0 saturated heterocycles. The van der Waals surface area contributed by atoms with E-state index in [9.17, 15) is 0 Å². The van der Waals surface area contributed by atoms with Gasteiger partial charge in [-0.3, -0.25) is 9.78 Å². The lowest BCUT2D eigenvalue weighted by molar-refractivity contribution is 0.756. The van der Waals surface area contributed by atoms with Gasteiger partial charge in [0.15, 0.2) is 5.82 Å². The molecule has 0 atom stereocenters. The number of aromatic amines is 1. The number of nitrogens with one attached hydrogen (secondary N) is 1. The molecule has 0 aliphatic heterocycles. The smallest absolute Gasteiger partial charge is 0.216 e. The van der Waals surface area contributed by atoms with Crippen LogP contribution in [-0.4, -0.2) is 14.8 Å². The monoisotopic (exact) mass is 259 g/mol. The van der Waals surface area contributed by atoms with E-state index in [2.05, 4.69) is 10.1 Å². The first-order valence-corrected chi connectivity index (χ1v) is 5.33. The van der Waals surface area contributed by atoms with Gasteiger partial charge < -0.3 is 0 Å². The molecule has 0 unspecified atom stereocenters. The van der Waals surface area contributed by atoms with Crippen LogP contribution in [-0.2, 0) is 7.05 Å². The van der Waals surface area contributed by atoms with E-state index in [1.54, 1.807) is 23.9 Å². The number of halogens is 2. The average Bonchev–Trinajstić information content (AvgIpc) is 2.52. The standard InChI is InChI=1S/C9H7Cl2N3S/c1-14-9(15)12-8(13-14)5-2-3-6(10)7(11)4-5/h2-4H,1H3,(H,12,13,15). The Morgan fingerprint density at radius 2 is 2.07 bits per heavy atom. The Labute approximate surface area is 102 Å². The summed E-state index contributed by atoms with van der Waals surface area (Å²) in [6.07, 6.45) is 0. The SMILES string of the molecule is Cn1[nH]c(-c2ccc(Cl)c(Cl)c2)nc1=S. The van der Waals surface area contributed by atoms with E-state index >= 15 is 0 Å². The molecule has 0 bridgehead atoms. The minimum Gasteiger partial charge on any atom is -0.279 e. The van der Waals surface area contributed by atoms with E-state index in [4.69, 9.17) is 35.4 Å². The molecule has 2 aromatic rings. The Bertz CT molecular complexity index is 559. The third-order valence-corrected chi connectivity index (χ3v) is 3.07. The zero-order valence-corrected chi connectivity index (χ0v) is 10.1. The highest BCUT2D eigenvalue weighted by Crippen LogP contribution is 2.26. The lowest BCUT2D eigenvalue weighted by Gasteiger charge is -1.99. The zero-order chi connectivity index (χ0) is 11.0. The molecular formula is C9H7Cl2N3S. The number of aryl methyl sites for hydroxylation is 1. The second-order valence-electron chi connectivity index (χ2n) is 3.04. The van der Waals surface area contributed by atoms with Crippen LogP contribution in [0.5, 0.6) is 0 Å². The van der Waals surface area contributed by atoms with Gasteiger partial charge in [-0.15, -0.1) is 0 Å². The van der Waals surface area contributed by atoms with E-state index in [-0.39, 0.29) is 0 Å². The maximum absolute atomic E-state index is 5.90. The van der Waals surface area contributed by atoms with Gasteiger partial charge in [0.2, 0.25) is 4.77 Å². The molecule has 2 rings (SSSR count). The number of H-pyrrole nitrogens is 1. The van der Waals surface area contributed by atoms with E-state index in [0.717, 1.165) is 5.56 Å². The molecule has 0 fully saturated rings. The maximum atomic E-state index is 5.90. The quantitative estimate of drug-likeness (QED) is 0.797. The van der Waals surface area contributed by atoms with Gasteiger partial charge in [0.25, 0.3) is 0 Å². The Morgan fingerprint density at radius 1 is 1.33 bits per heavy atom. The second kappa shape index (κ2) is 3.96. The van der Waals surface area contributed by atoms with Crippen molar-refractivity contribution in [3.05, 3.63) is 33.0 Å². The molecule has 0 saturated carbocycles. The van der Waals surface area contributed by atoms with Crippen LogP contribution in [0.2, 0.25) is 10.0 Å². The van der Waals surface area contributed by atoms with Crippen molar-refractivity contribution in [1.29, 1.82) is 0 Å². The number of benzene rings is 1. The van der Waals surface area contributed by atoms with Gasteiger partial charge in [0, 0.05) is 12.6 Å². The number of hydrogen-bond donors (Lipinski definition) is 1. The van der Waals surface area contributed by atoms with Crippen molar-refractivity contribution in [2.75, 3.05) is 0 Å². The molecule has 78 valence electrons. The van der Waals surface area contributed by atoms with Crippen LogP contribution in [0.4, 0.5) is 0 Å². The molecule has 0 aliphatic rings. The zero-order valence-electron chi connectivity index (χ0n) is 7.79. The molecule has 1 heterocycles. The van der Waals surface area contributed by atoms with Crippen LogP contribution < -0.4 is 0 Å². The van der Waals surface area contributed by atoms with Gasteiger partial charge in [0.1, 0.15) is 0 Å². The fraction of sp³-hybridized carbons (Fsp3) is 0.111. The molecule has 6 heteroatoms. The largest absolute Gasteiger partial charge is 0.279 e. The molecule has 1 aromatic heterocycles. The number of rotatable bonds is 1. The first-order valence-electron chi connectivity index (χ1n) is 4.16. The third kappa shape index (κ3) is 2.07. The van der Waals surface area contributed by atoms with Crippen LogP contribution in [0, 0.1) is 4.77 Å². The van der Waals surface area contributed by atoms with Crippen molar-refractivity contribution in [1.82, 2.24) is 14.8 Å². The summed E-state index contributed by atoms with van der Waals surface area (Å²) in [5.74, 6) is 0.682. The topological polar surface area (TPSA) is 33.6 Å². The van der Waals surface area contributed by atoms with E-state index in [1.165, 1.54) is 0 Å². The average molecular weight is 260 g/mol. The van der Waals surface area contributed by atoms with Crippen molar-refractivity contribution in [2.24, 2.45) is 7.05 Å². The summed E-state index contributed by atoms with van der Waals surface area (Å²) in [7, 11) is 1.80. The van der Waals surface area contributed by atoms with E-state index in [1.807, 2.05) is 6.07 Å². The highest BCUT2D eigenvalue weighted by Gasteiger charge is 2.05. The molecule has 0 amide bonds. The summed E-state index contributed by atoms with van der Waals surface area (Å²) >= 11 is 16.7. The predicted octanol–water partition coefficient (Wildman–Crippen LogP) is 3.45. The molecule has 0 spiro atoms. The fourth-order valence-corrected chi connectivity index (χ4v) is 1.61. The predicted molar refractivity (Wildman–Crippen MR) is 63.8 cm³/mol. The molecule has 0 radical (unpaired) electrons. The highest BCUT2D eigenvalue weighted by atomic mass is 35.5. The Balaban J connectivity index is 2.54. The molecule has 1 aromatic carbocycles. The van der Waals surface area contributed by atoms with Gasteiger partial charge in [-0.05, 0) is 30.4 Å². The summed E-state index contributed by atoms with van der Waals surface area (Å²) in [5, 5.41) is 4.03. The van der Waals surface area contributed by atoms with Crippen LogP contribution in [0.3, 0.4) is 0 Å². The summed E-state index contributed by atoms with van der Waals surface area (Å²) in [6.45, 7) is 0. The maximum Gasteiger partial charge on any atom is 0.216 e. The van der Waals surface area contributed by atoms with Crippen molar-refractivity contribution < 1.29 is 0 Å². The fourth-order valence-electron chi connectivity index (χ4n) is 1.17. The third-order valence-electron chi connectivity index (χ3n) is 1.96.